The monoisotopic (exact) mass is 285 g/mol. The van der Waals surface area contributed by atoms with Gasteiger partial charge in [-0.1, -0.05) is 30.3 Å². The third kappa shape index (κ3) is 5.04. The van der Waals surface area contributed by atoms with Crippen molar-refractivity contribution in [1.82, 2.24) is 14.9 Å². The molecular formula is C16H23N5. The number of benzene rings is 1. The molecular weight excluding hydrogens is 262 g/mol. The Morgan fingerprint density at radius 3 is 2.62 bits per heavy atom. The predicted molar refractivity (Wildman–Crippen MR) is 87.6 cm³/mol. The first-order valence-corrected chi connectivity index (χ1v) is 7.18. The zero-order chi connectivity index (χ0) is 15.1. The molecule has 5 heteroatoms. The van der Waals surface area contributed by atoms with Crippen LogP contribution >= 0.6 is 0 Å². The maximum absolute atomic E-state index is 4.48. The molecule has 0 saturated heterocycles. The molecule has 0 saturated carbocycles. The lowest BCUT2D eigenvalue weighted by atomic mass is 10.1. The van der Waals surface area contributed by atoms with Gasteiger partial charge in [0, 0.05) is 19.3 Å². The van der Waals surface area contributed by atoms with Gasteiger partial charge in [0.05, 0.1) is 6.04 Å². The zero-order valence-electron chi connectivity index (χ0n) is 12.9. The first-order chi connectivity index (χ1) is 10.1. The second kappa shape index (κ2) is 7.59. The summed E-state index contributed by atoms with van der Waals surface area (Å²) in [4.78, 5) is 10.9. The fourth-order valence-corrected chi connectivity index (χ4v) is 1.95. The Morgan fingerprint density at radius 1 is 1.14 bits per heavy atom. The minimum atomic E-state index is 0.170. The average molecular weight is 285 g/mol. The average Bonchev–Trinajstić information content (AvgIpc) is 2.48. The Balaban J connectivity index is 1.94. The van der Waals surface area contributed by atoms with Gasteiger partial charge in [0.1, 0.15) is 5.82 Å². The summed E-state index contributed by atoms with van der Waals surface area (Å²) in [7, 11) is 4.10. The van der Waals surface area contributed by atoms with Crippen LogP contribution in [0.4, 0.5) is 11.8 Å². The van der Waals surface area contributed by atoms with Crippen LogP contribution in [0.3, 0.4) is 0 Å². The zero-order valence-corrected chi connectivity index (χ0v) is 12.9. The summed E-state index contributed by atoms with van der Waals surface area (Å²) in [6.07, 6.45) is 1.77. The lowest BCUT2D eigenvalue weighted by Gasteiger charge is -2.15. The molecule has 0 fully saturated rings. The van der Waals surface area contributed by atoms with Gasteiger partial charge in [0.15, 0.2) is 0 Å². The van der Waals surface area contributed by atoms with Gasteiger partial charge >= 0.3 is 0 Å². The normalized spacial score (nSPS) is 12.2. The number of hydrogen-bond acceptors (Lipinski definition) is 5. The lowest BCUT2D eigenvalue weighted by Crippen LogP contribution is -2.21. The van der Waals surface area contributed by atoms with E-state index in [4.69, 9.17) is 0 Å². The molecule has 0 radical (unpaired) electrons. The lowest BCUT2D eigenvalue weighted by molar-refractivity contribution is 0.425. The molecule has 0 aliphatic carbocycles. The minimum absolute atomic E-state index is 0.170. The van der Waals surface area contributed by atoms with Crippen molar-refractivity contribution in [3.05, 3.63) is 48.2 Å². The van der Waals surface area contributed by atoms with Gasteiger partial charge in [0.25, 0.3) is 0 Å². The number of likely N-dealkylation sites (N-methyl/N-ethyl adjacent to an activating group) is 1. The van der Waals surface area contributed by atoms with E-state index in [1.807, 2.05) is 24.3 Å². The molecule has 0 aliphatic heterocycles. The summed E-state index contributed by atoms with van der Waals surface area (Å²) in [5.41, 5.74) is 1.21. The van der Waals surface area contributed by atoms with Crippen molar-refractivity contribution >= 4 is 11.8 Å². The van der Waals surface area contributed by atoms with E-state index in [0.717, 1.165) is 18.9 Å². The minimum Gasteiger partial charge on any atom is -0.369 e. The van der Waals surface area contributed by atoms with Crippen LogP contribution in [0.1, 0.15) is 18.5 Å². The van der Waals surface area contributed by atoms with Crippen LogP contribution in [-0.2, 0) is 0 Å². The van der Waals surface area contributed by atoms with E-state index in [2.05, 4.69) is 58.7 Å². The Bertz CT molecular complexity index is 541. The highest BCUT2D eigenvalue weighted by molar-refractivity contribution is 5.41. The van der Waals surface area contributed by atoms with Crippen molar-refractivity contribution < 1.29 is 0 Å². The van der Waals surface area contributed by atoms with Crippen molar-refractivity contribution in [3.63, 3.8) is 0 Å². The van der Waals surface area contributed by atoms with Crippen LogP contribution in [0.5, 0.6) is 0 Å². The molecule has 2 rings (SSSR count). The summed E-state index contributed by atoms with van der Waals surface area (Å²) in [6, 6.07) is 12.3. The SMILES string of the molecule is CC(Nc1nccc(NCCN(C)C)n1)c1ccccc1. The van der Waals surface area contributed by atoms with Gasteiger partial charge in [-0.25, -0.2) is 4.98 Å². The Kier molecular flexibility index (Phi) is 5.51. The number of hydrogen-bond donors (Lipinski definition) is 2. The van der Waals surface area contributed by atoms with Crippen LogP contribution in [0.15, 0.2) is 42.6 Å². The smallest absolute Gasteiger partial charge is 0.225 e. The van der Waals surface area contributed by atoms with E-state index in [1.54, 1.807) is 6.20 Å². The molecule has 1 atom stereocenters. The molecule has 1 heterocycles. The van der Waals surface area contributed by atoms with E-state index < -0.39 is 0 Å². The summed E-state index contributed by atoms with van der Waals surface area (Å²) in [5, 5.41) is 6.62. The Labute approximate surface area is 126 Å². The largest absolute Gasteiger partial charge is 0.369 e. The Hall–Kier alpha value is -2.14. The van der Waals surface area contributed by atoms with Gasteiger partial charge in [-0.05, 0) is 32.6 Å². The standard InChI is InChI=1S/C16H23N5/c1-13(14-7-5-4-6-8-14)19-16-18-10-9-15(20-16)17-11-12-21(2)3/h4-10,13H,11-12H2,1-3H3,(H2,17,18,19,20). The third-order valence-corrected chi connectivity index (χ3v) is 3.17. The fraction of sp³-hybridized carbons (Fsp3) is 0.375. The highest BCUT2D eigenvalue weighted by Gasteiger charge is 2.06. The molecule has 0 spiro atoms. The van der Waals surface area contributed by atoms with Crippen molar-refractivity contribution in [1.29, 1.82) is 0 Å². The highest BCUT2D eigenvalue weighted by Crippen LogP contribution is 2.16. The van der Waals surface area contributed by atoms with E-state index in [9.17, 15) is 0 Å². The van der Waals surface area contributed by atoms with Crippen molar-refractivity contribution in [2.45, 2.75) is 13.0 Å². The molecule has 112 valence electrons. The summed E-state index contributed by atoms with van der Waals surface area (Å²) in [6.45, 7) is 3.93. The molecule has 0 aliphatic rings. The number of nitrogens with one attached hydrogen (secondary N) is 2. The highest BCUT2D eigenvalue weighted by atomic mass is 15.2. The van der Waals surface area contributed by atoms with E-state index in [-0.39, 0.29) is 6.04 Å². The molecule has 2 N–H and O–H groups in total. The van der Waals surface area contributed by atoms with Crippen LogP contribution in [-0.4, -0.2) is 42.1 Å². The molecule has 2 aromatic rings. The molecule has 5 nitrogen and oxygen atoms in total. The van der Waals surface area contributed by atoms with Crippen LogP contribution in [0, 0.1) is 0 Å². The first-order valence-electron chi connectivity index (χ1n) is 7.18. The first kappa shape index (κ1) is 15.3. The van der Waals surface area contributed by atoms with Crippen LogP contribution in [0.2, 0.25) is 0 Å². The summed E-state index contributed by atoms with van der Waals surface area (Å²) < 4.78 is 0. The second-order valence-corrected chi connectivity index (χ2v) is 5.27. The maximum Gasteiger partial charge on any atom is 0.225 e. The van der Waals surface area contributed by atoms with Crippen molar-refractivity contribution in [2.75, 3.05) is 37.8 Å². The van der Waals surface area contributed by atoms with E-state index in [0.29, 0.717) is 5.95 Å². The van der Waals surface area contributed by atoms with Crippen LogP contribution in [0.25, 0.3) is 0 Å². The molecule has 1 aromatic carbocycles. The van der Waals surface area contributed by atoms with Gasteiger partial charge in [-0.2, -0.15) is 4.98 Å². The fourth-order valence-electron chi connectivity index (χ4n) is 1.95. The maximum atomic E-state index is 4.48. The molecule has 1 aromatic heterocycles. The molecule has 0 bridgehead atoms. The quantitative estimate of drug-likeness (QED) is 0.819. The van der Waals surface area contributed by atoms with E-state index in [1.165, 1.54) is 5.56 Å². The van der Waals surface area contributed by atoms with Gasteiger partial charge in [0.2, 0.25) is 5.95 Å². The second-order valence-electron chi connectivity index (χ2n) is 5.27. The topological polar surface area (TPSA) is 53.1 Å². The van der Waals surface area contributed by atoms with Crippen LogP contribution < -0.4 is 10.6 Å². The number of nitrogens with zero attached hydrogens (tertiary/aromatic N) is 3. The van der Waals surface area contributed by atoms with Gasteiger partial charge in [-0.15, -0.1) is 0 Å². The predicted octanol–water partition coefficient (Wildman–Crippen LogP) is 2.62. The number of aromatic nitrogens is 2. The number of anilines is 2. The van der Waals surface area contributed by atoms with Gasteiger partial charge in [-0.3, -0.25) is 0 Å². The van der Waals surface area contributed by atoms with E-state index >= 15 is 0 Å². The van der Waals surface area contributed by atoms with Crippen molar-refractivity contribution in [2.24, 2.45) is 0 Å². The summed E-state index contributed by atoms with van der Waals surface area (Å²) >= 11 is 0. The molecule has 21 heavy (non-hydrogen) atoms. The molecule has 0 amide bonds. The summed E-state index contributed by atoms with van der Waals surface area (Å²) in [5.74, 6) is 1.48. The number of rotatable bonds is 7. The van der Waals surface area contributed by atoms with Crippen molar-refractivity contribution in [3.8, 4) is 0 Å². The van der Waals surface area contributed by atoms with Gasteiger partial charge < -0.3 is 15.5 Å². The molecule has 1 unspecified atom stereocenters. The third-order valence-electron chi connectivity index (χ3n) is 3.17. The Morgan fingerprint density at radius 2 is 1.90 bits per heavy atom.